The minimum absolute atomic E-state index is 0.00508. The standard InChI is InChI=1S/C30H43N3O8S3/c34-27(32(22-8-3-1-4-9-22)24-13-16-43(37,38)20-24)18-41-30(36)26-12-7-15-31-29(26)42-19-28(35)33(23-10-5-2-6-11-23)25-14-17-44(39,40)21-25/h7,12,15,22-25H,1-6,8-11,13-14,16-21H2/t24-,25+/m1/s1. The van der Waals surface area contributed by atoms with Crippen LogP contribution in [0.3, 0.4) is 0 Å². The highest BCUT2D eigenvalue weighted by Crippen LogP contribution is 2.31. The molecule has 1 aromatic heterocycles. The van der Waals surface area contributed by atoms with Crippen molar-refractivity contribution in [3.63, 3.8) is 0 Å². The number of pyridine rings is 1. The molecule has 44 heavy (non-hydrogen) atoms. The molecule has 1 aromatic rings. The lowest BCUT2D eigenvalue weighted by molar-refractivity contribution is -0.140. The van der Waals surface area contributed by atoms with Crippen molar-refractivity contribution < 1.29 is 36.0 Å². The van der Waals surface area contributed by atoms with Crippen LogP contribution in [0.15, 0.2) is 23.4 Å². The molecule has 2 saturated carbocycles. The third kappa shape index (κ3) is 8.34. The molecular weight excluding hydrogens is 627 g/mol. The number of carbonyl (C=O) groups excluding carboxylic acids is 3. The molecule has 0 aromatic carbocycles. The van der Waals surface area contributed by atoms with Crippen LogP contribution in [0.4, 0.5) is 0 Å². The zero-order valence-corrected chi connectivity index (χ0v) is 27.6. The summed E-state index contributed by atoms with van der Waals surface area (Å²) in [6.07, 6.45) is 11.8. The summed E-state index contributed by atoms with van der Waals surface area (Å²) in [7, 11) is -6.38. The van der Waals surface area contributed by atoms with E-state index in [0.29, 0.717) is 17.9 Å². The number of thioether (sulfide) groups is 1. The summed E-state index contributed by atoms with van der Waals surface area (Å²) in [4.78, 5) is 48.0. The molecule has 5 rings (SSSR count). The first-order chi connectivity index (χ1) is 21.0. The van der Waals surface area contributed by atoms with Gasteiger partial charge < -0.3 is 14.5 Å². The quantitative estimate of drug-likeness (QED) is 0.269. The number of rotatable bonds is 10. The van der Waals surface area contributed by atoms with Crippen LogP contribution in [-0.4, -0.2) is 109 Å². The number of esters is 1. The zero-order chi connectivity index (χ0) is 31.3. The van der Waals surface area contributed by atoms with E-state index in [4.69, 9.17) is 4.74 Å². The molecule has 11 nitrogen and oxygen atoms in total. The number of nitrogens with zero attached hydrogens (tertiary/aromatic N) is 3. The second kappa shape index (κ2) is 14.5. The molecule has 0 radical (unpaired) electrons. The summed E-state index contributed by atoms with van der Waals surface area (Å²) in [6.45, 7) is -0.505. The van der Waals surface area contributed by atoms with E-state index in [2.05, 4.69) is 4.98 Å². The summed E-state index contributed by atoms with van der Waals surface area (Å²) in [5.41, 5.74) is 0.137. The van der Waals surface area contributed by atoms with Gasteiger partial charge in [-0.15, -0.1) is 0 Å². The normalized spacial score (nSPS) is 25.4. The van der Waals surface area contributed by atoms with Crippen molar-refractivity contribution in [1.29, 1.82) is 0 Å². The molecule has 2 aliphatic heterocycles. The predicted octanol–water partition coefficient (Wildman–Crippen LogP) is 3.03. The first-order valence-electron chi connectivity index (χ1n) is 15.8. The SMILES string of the molecule is O=C(OCC(=O)N(C1CCCCC1)[C@@H]1CCS(=O)(=O)C1)c1cccnc1SCC(=O)N(C1CCCCC1)[C@H]1CCS(=O)(=O)C1. The molecule has 4 aliphatic rings. The van der Waals surface area contributed by atoms with Crippen molar-refractivity contribution in [3.05, 3.63) is 23.9 Å². The number of aromatic nitrogens is 1. The monoisotopic (exact) mass is 669 g/mol. The van der Waals surface area contributed by atoms with Gasteiger partial charge in [0.05, 0.1) is 34.3 Å². The Hall–Kier alpha value is -2.19. The molecule has 2 amide bonds. The van der Waals surface area contributed by atoms with Gasteiger partial charge in [0, 0.05) is 30.4 Å². The molecule has 3 heterocycles. The molecule has 2 aliphatic carbocycles. The fourth-order valence-electron chi connectivity index (χ4n) is 7.26. The Labute approximate surface area is 264 Å². The van der Waals surface area contributed by atoms with E-state index in [1.54, 1.807) is 15.9 Å². The van der Waals surface area contributed by atoms with E-state index >= 15 is 0 Å². The van der Waals surface area contributed by atoms with Crippen LogP contribution in [0, 0.1) is 0 Å². The molecule has 14 heteroatoms. The largest absolute Gasteiger partial charge is 0.452 e. The summed E-state index contributed by atoms with van der Waals surface area (Å²) < 4.78 is 54.3. The van der Waals surface area contributed by atoms with Crippen LogP contribution in [-0.2, 0) is 34.0 Å². The Balaban J connectivity index is 1.23. The lowest BCUT2D eigenvalue weighted by Gasteiger charge is -2.38. The summed E-state index contributed by atoms with van der Waals surface area (Å²) >= 11 is 1.10. The van der Waals surface area contributed by atoms with Gasteiger partial charge in [-0.25, -0.2) is 26.6 Å². The minimum Gasteiger partial charge on any atom is -0.452 e. The van der Waals surface area contributed by atoms with Gasteiger partial charge >= 0.3 is 5.97 Å². The van der Waals surface area contributed by atoms with Crippen molar-refractivity contribution in [1.82, 2.24) is 14.8 Å². The van der Waals surface area contributed by atoms with E-state index in [-0.39, 0.29) is 58.4 Å². The highest BCUT2D eigenvalue weighted by molar-refractivity contribution is 8.00. The second-order valence-corrected chi connectivity index (χ2v) is 17.9. The molecular formula is C30H43N3O8S3. The van der Waals surface area contributed by atoms with E-state index in [9.17, 15) is 31.2 Å². The number of amides is 2. The Morgan fingerprint density at radius 1 is 0.750 bits per heavy atom. The maximum Gasteiger partial charge on any atom is 0.341 e. The molecule has 0 bridgehead atoms. The van der Waals surface area contributed by atoms with Crippen molar-refractivity contribution in [2.45, 2.75) is 106 Å². The lowest BCUT2D eigenvalue weighted by Crippen LogP contribution is -2.50. The van der Waals surface area contributed by atoms with Gasteiger partial charge in [0.2, 0.25) is 5.91 Å². The van der Waals surface area contributed by atoms with Crippen LogP contribution >= 0.6 is 11.8 Å². The van der Waals surface area contributed by atoms with E-state index in [0.717, 1.165) is 76.0 Å². The number of ether oxygens (including phenoxy) is 1. The number of sulfone groups is 2. The lowest BCUT2D eigenvalue weighted by atomic mass is 9.93. The molecule has 0 unspecified atom stereocenters. The Kier molecular flexibility index (Phi) is 10.9. The highest BCUT2D eigenvalue weighted by atomic mass is 32.2. The van der Waals surface area contributed by atoms with Crippen LogP contribution in [0.1, 0.15) is 87.4 Å². The minimum atomic E-state index is -3.20. The van der Waals surface area contributed by atoms with Crippen molar-refractivity contribution in [2.75, 3.05) is 35.4 Å². The second-order valence-electron chi connectivity index (χ2n) is 12.5. The van der Waals surface area contributed by atoms with E-state index in [1.165, 1.54) is 12.3 Å². The average molecular weight is 670 g/mol. The topological polar surface area (TPSA) is 148 Å². The summed E-state index contributed by atoms with van der Waals surface area (Å²) in [5, 5.41) is 0.298. The number of carbonyl (C=O) groups is 3. The van der Waals surface area contributed by atoms with Gasteiger partial charge in [-0.2, -0.15) is 0 Å². The van der Waals surface area contributed by atoms with Crippen LogP contribution in [0.2, 0.25) is 0 Å². The molecule has 0 spiro atoms. The van der Waals surface area contributed by atoms with Crippen LogP contribution in [0.5, 0.6) is 0 Å². The molecule has 4 fully saturated rings. The Bertz CT molecular complexity index is 1420. The zero-order valence-electron chi connectivity index (χ0n) is 25.1. The Morgan fingerprint density at radius 2 is 1.27 bits per heavy atom. The fraction of sp³-hybridized carbons (Fsp3) is 0.733. The van der Waals surface area contributed by atoms with Crippen molar-refractivity contribution in [2.24, 2.45) is 0 Å². The third-order valence-electron chi connectivity index (χ3n) is 9.37. The summed E-state index contributed by atoms with van der Waals surface area (Å²) in [6, 6.07) is 2.32. The van der Waals surface area contributed by atoms with Gasteiger partial charge in [-0.1, -0.05) is 50.3 Å². The van der Waals surface area contributed by atoms with Crippen molar-refractivity contribution >= 4 is 49.2 Å². The molecule has 0 N–H and O–H groups in total. The van der Waals surface area contributed by atoms with Gasteiger partial charge in [0.1, 0.15) is 5.03 Å². The van der Waals surface area contributed by atoms with Crippen LogP contribution in [0.25, 0.3) is 0 Å². The predicted molar refractivity (Wildman–Crippen MR) is 167 cm³/mol. The first-order valence-corrected chi connectivity index (χ1v) is 20.4. The fourth-order valence-corrected chi connectivity index (χ4v) is 11.5. The number of hydrogen-bond donors (Lipinski definition) is 0. The van der Waals surface area contributed by atoms with E-state index in [1.807, 2.05) is 0 Å². The first kappa shape index (κ1) is 33.2. The third-order valence-corrected chi connectivity index (χ3v) is 13.9. The van der Waals surface area contributed by atoms with Gasteiger partial charge in [-0.3, -0.25) is 9.59 Å². The molecule has 2 atom stereocenters. The highest BCUT2D eigenvalue weighted by Gasteiger charge is 2.40. The Morgan fingerprint density at radius 3 is 1.77 bits per heavy atom. The van der Waals surface area contributed by atoms with Gasteiger partial charge in [-0.05, 0) is 50.7 Å². The average Bonchev–Trinajstić information content (AvgIpc) is 3.56. The van der Waals surface area contributed by atoms with Crippen LogP contribution < -0.4 is 0 Å². The maximum absolute atomic E-state index is 13.6. The van der Waals surface area contributed by atoms with Gasteiger partial charge in [0.25, 0.3) is 5.91 Å². The summed E-state index contributed by atoms with van der Waals surface area (Å²) in [5.74, 6) is -1.24. The van der Waals surface area contributed by atoms with Gasteiger partial charge in [0.15, 0.2) is 26.3 Å². The van der Waals surface area contributed by atoms with Crippen molar-refractivity contribution in [3.8, 4) is 0 Å². The maximum atomic E-state index is 13.6. The van der Waals surface area contributed by atoms with E-state index < -0.39 is 44.2 Å². The smallest absolute Gasteiger partial charge is 0.341 e. The molecule has 244 valence electrons. The molecule has 2 saturated heterocycles. The number of hydrogen-bond acceptors (Lipinski definition) is 10.